The molecule has 0 aromatic heterocycles. The van der Waals surface area contributed by atoms with Crippen molar-refractivity contribution in [1.82, 2.24) is 15.5 Å². The normalized spacial score (nSPS) is 16.0. The third kappa shape index (κ3) is 8.56. The highest BCUT2D eigenvalue weighted by atomic mass is 19.4. The molecule has 1 saturated heterocycles. The minimum absolute atomic E-state index is 0.0800. The van der Waals surface area contributed by atoms with Crippen molar-refractivity contribution in [3.63, 3.8) is 0 Å². The average Bonchev–Trinajstić information content (AvgIpc) is 3.51. The number of carbonyl (C=O) groups excluding carboxylic acids is 4. The number of nitrogens with one attached hydrogen (secondary N) is 3. The number of benzene rings is 3. The van der Waals surface area contributed by atoms with Crippen LogP contribution in [-0.4, -0.2) is 59.4 Å². The van der Waals surface area contributed by atoms with Crippen LogP contribution in [0.15, 0.2) is 97.6 Å². The van der Waals surface area contributed by atoms with Crippen molar-refractivity contribution in [3.05, 3.63) is 109 Å². The topological polar surface area (TPSA) is 108 Å². The fourth-order valence-corrected chi connectivity index (χ4v) is 5.06. The average molecular weight is 607 g/mol. The van der Waals surface area contributed by atoms with E-state index in [1.165, 1.54) is 4.90 Å². The van der Waals surface area contributed by atoms with Gasteiger partial charge in [0.1, 0.15) is 18.1 Å². The van der Waals surface area contributed by atoms with Crippen LogP contribution in [0.5, 0.6) is 0 Å². The second kappa shape index (κ2) is 14.5. The maximum atomic E-state index is 14.0. The number of hydrogen-bond acceptors (Lipinski definition) is 4. The summed E-state index contributed by atoms with van der Waals surface area (Å²) in [5.41, 5.74) is 2.25. The minimum atomic E-state index is -5.22. The van der Waals surface area contributed by atoms with Crippen LogP contribution in [0.3, 0.4) is 0 Å². The van der Waals surface area contributed by atoms with Gasteiger partial charge in [-0.1, -0.05) is 85.4 Å². The fourth-order valence-electron chi connectivity index (χ4n) is 5.06. The Morgan fingerprint density at radius 3 is 2.05 bits per heavy atom. The van der Waals surface area contributed by atoms with Crippen LogP contribution < -0.4 is 16.0 Å². The highest BCUT2D eigenvalue weighted by Gasteiger charge is 2.42. The Balaban J connectivity index is 1.59. The zero-order valence-corrected chi connectivity index (χ0v) is 23.8. The van der Waals surface area contributed by atoms with Gasteiger partial charge in [0.15, 0.2) is 0 Å². The molecule has 1 heterocycles. The number of alkyl halides is 3. The molecule has 0 radical (unpaired) electrons. The molecule has 0 bridgehead atoms. The van der Waals surface area contributed by atoms with Crippen molar-refractivity contribution < 1.29 is 32.3 Å². The molecule has 0 spiro atoms. The van der Waals surface area contributed by atoms with Gasteiger partial charge in [0, 0.05) is 25.1 Å². The van der Waals surface area contributed by atoms with Crippen LogP contribution in [0.25, 0.3) is 5.57 Å². The fraction of sp³-hybridized carbons (Fsp3) is 0.273. The largest absolute Gasteiger partial charge is 0.471 e. The number of para-hydroxylation sites is 1. The quantitative estimate of drug-likeness (QED) is 0.299. The standard InChI is InChI=1S/C33H33F3N4O4/c1-22(24-14-7-3-8-15-24)20-27(31(43)40-19-11-18-28(40)30(42)37-25-16-9-4-10-17-25)38-29(41)26(39-32(44)33(34,35)36)21-23-12-5-2-6-13-23/h2-10,12-17,26-28H,1,11,18-21H2,(H,37,42)(H,38,41)(H,39,44)/t26-,27+,28-/m0/s1. The molecule has 3 atom stereocenters. The molecule has 8 nitrogen and oxygen atoms in total. The van der Waals surface area contributed by atoms with E-state index in [1.807, 2.05) is 0 Å². The number of halogens is 3. The lowest BCUT2D eigenvalue weighted by Crippen LogP contribution is -2.57. The molecule has 1 aliphatic rings. The third-order valence-electron chi connectivity index (χ3n) is 7.29. The lowest BCUT2D eigenvalue weighted by atomic mass is 9.98. The van der Waals surface area contributed by atoms with Gasteiger partial charge in [-0.2, -0.15) is 13.2 Å². The second-order valence-electron chi connectivity index (χ2n) is 10.5. The van der Waals surface area contributed by atoms with E-state index in [0.717, 1.165) is 0 Å². The van der Waals surface area contributed by atoms with E-state index in [0.29, 0.717) is 35.2 Å². The molecule has 1 fully saturated rings. The SMILES string of the molecule is C=C(C[C@@H](NC(=O)[C@H](Cc1ccccc1)NC(=O)C(F)(F)F)C(=O)N1CCC[C@H]1C(=O)Nc1ccccc1)c1ccccc1. The molecule has 0 unspecified atom stereocenters. The molecule has 11 heteroatoms. The molecule has 4 amide bonds. The Hall–Kier alpha value is -4.93. The zero-order valence-electron chi connectivity index (χ0n) is 23.8. The van der Waals surface area contributed by atoms with Crippen LogP contribution in [0, 0.1) is 0 Å². The van der Waals surface area contributed by atoms with Crippen molar-refractivity contribution in [3.8, 4) is 0 Å². The number of rotatable bonds is 11. The maximum absolute atomic E-state index is 14.0. The van der Waals surface area contributed by atoms with E-state index >= 15 is 0 Å². The summed E-state index contributed by atoms with van der Waals surface area (Å²) >= 11 is 0. The monoisotopic (exact) mass is 606 g/mol. The molecule has 4 rings (SSSR count). The summed E-state index contributed by atoms with van der Waals surface area (Å²) in [6.07, 6.45) is -4.62. The van der Waals surface area contributed by atoms with Gasteiger partial charge in [-0.25, -0.2) is 0 Å². The summed E-state index contributed by atoms with van der Waals surface area (Å²) in [5, 5.41) is 7.15. The molecule has 3 aromatic rings. The number of amides is 4. The predicted molar refractivity (Wildman–Crippen MR) is 160 cm³/mol. The number of nitrogens with zero attached hydrogens (tertiary/aromatic N) is 1. The van der Waals surface area contributed by atoms with E-state index in [4.69, 9.17) is 0 Å². The van der Waals surface area contributed by atoms with E-state index < -0.39 is 47.9 Å². The summed E-state index contributed by atoms with van der Waals surface area (Å²) in [6.45, 7) is 4.31. The Labute approximate surface area is 253 Å². The van der Waals surface area contributed by atoms with Crippen molar-refractivity contribution >= 4 is 34.9 Å². The second-order valence-corrected chi connectivity index (χ2v) is 10.5. The van der Waals surface area contributed by atoms with Crippen molar-refractivity contribution in [2.24, 2.45) is 0 Å². The van der Waals surface area contributed by atoms with Gasteiger partial charge in [0.25, 0.3) is 0 Å². The first-order chi connectivity index (χ1) is 21.0. The summed E-state index contributed by atoms with van der Waals surface area (Å²) < 4.78 is 39.6. The van der Waals surface area contributed by atoms with Crippen molar-refractivity contribution in [2.75, 3.05) is 11.9 Å². The number of likely N-dealkylation sites (tertiary alicyclic amines) is 1. The number of anilines is 1. The number of carbonyl (C=O) groups is 4. The zero-order chi connectivity index (χ0) is 31.7. The van der Waals surface area contributed by atoms with Gasteiger partial charge in [-0.15, -0.1) is 0 Å². The summed E-state index contributed by atoms with van der Waals surface area (Å²) in [4.78, 5) is 54.0. The lowest BCUT2D eigenvalue weighted by molar-refractivity contribution is -0.174. The molecule has 3 aromatic carbocycles. The van der Waals surface area contributed by atoms with Crippen molar-refractivity contribution in [2.45, 2.75) is 50.0 Å². The Bertz CT molecular complexity index is 1470. The Kier molecular flexibility index (Phi) is 10.5. The Morgan fingerprint density at radius 2 is 1.43 bits per heavy atom. The third-order valence-corrected chi connectivity index (χ3v) is 7.29. The predicted octanol–water partition coefficient (Wildman–Crippen LogP) is 4.49. The van der Waals surface area contributed by atoms with Gasteiger partial charge in [0.05, 0.1) is 0 Å². The smallest absolute Gasteiger partial charge is 0.342 e. The van der Waals surface area contributed by atoms with Crippen molar-refractivity contribution in [1.29, 1.82) is 0 Å². The molecule has 1 aliphatic heterocycles. The lowest BCUT2D eigenvalue weighted by Gasteiger charge is -2.30. The molecular weight excluding hydrogens is 573 g/mol. The van der Waals surface area contributed by atoms with E-state index in [2.05, 4.69) is 17.2 Å². The van der Waals surface area contributed by atoms with Crippen LogP contribution in [-0.2, 0) is 25.6 Å². The van der Waals surface area contributed by atoms with Gasteiger partial charge in [-0.3, -0.25) is 19.2 Å². The van der Waals surface area contributed by atoms with Crippen LogP contribution >= 0.6 is 0 Å². The first kappa shape index (κ1) is 32.0. The van der Waals surface area contributed by atoms with E-state index in [-0.39, 0.29) is 19.4 Å². The van der Waals surface area contributed by atoms with Gasteiger partial charge < -0.3 is 20.9 Å². The maximum Gasteiger partial charge on any atom is 0.471 e. The van der Waals surface area contributed by atoms with Crippen LogP contribution in [0.1, 0.15) is 30.4 Å². The Morgan fingerprint density at radius 1 is 0.841 bits per heavy atom. The number of hydrogen-bond donors (Lipinski definition) is 3. The molecule has 0 saturated carbocycles. The van der Waals surface area contributed by atoms with Crippen LogP contribution in [0.4, 0.5) is 18.9 Å². The molecule has 230 valence electrons. The first-order valence-electron chi connectivity index (χ1n) is 14.1. The van der Waals surface area contributed by atoms with Gasteiger partial charge in [0.2, 0.25) is 17.7 Å². The van der Waals surface area contributed by atoms with Gasteiger partial charge in [-0.05, 0) is 41.7 Å². The highest BCUT2D eigenvalue weighted by Crippen LogP contribution is 2.24. The van der Waals surface area contributed by atoms with E-state index in [1.54, 1.807) is 96.3 Å². The molecule has 3 N–H and O–H groups in total. The minimum Gasteiger partial charge on any atom is -0.342 e. The molecule has 44 heavy (non-hydrogen) atoms. The summed E-state index contributed by atoms with van der Waals surface area (Å²) in [6, 6.07) is 22.2. The highest BCUT2D eigenvalue weighted by molar-refractivity contribution is 5.99. The van der Waals surface area contributed by atoms with Gasteiger partial charge >= 0.3 is 12.1 Å². The summed E-state index contributed by atoms with van der Waals surface area (Å²) in [7, 11) is 0. The molecule has 0 aliphatic carbocycles. The van der Waals surface area contributed by atoms with Crippen LogP contribution in [0.2, 0.25) is 0 Å². The molecular formula is C33H33F3N4O4. The first-order valence-corrected chi connectivity index (χ1v) is 14.1. The van der Waals surface area contributed by atoms with E-state index in [9.17, 15) is 32.3 Å². The summed E-state index contributed by atoms with van der Waals surface area (Å²) in [5.74, 6) is -4.23.